The summed E-state index contributed by atoms with van der Waals surface area (Å²) in [5.41, 5.74) is 3.15. The number of nitrogens with zero attached hydrogens (tertiary/aromatic N) is 2. The molecule has 1 heterocycles. The van der Waals surface area contributed by atoms with Gasteiger partial charge < -0.3 is 10.1 Å². The first-order chi connectivity index (χ1) is 8.74. The molecule has 18 heavy (non-hydrogen) atoms. The average Bonchev–Trinajstić information content (AvgIpc) is 2.40. The van der Waals surface area contributed by atoms with E-state index in [1.54, 1.807) is 25.6 Å². The van der Waals surface area contributed by atoms with Crippen LogP contribution >= 0.6 is 0 Å². The third kappa shape index (κ3) is 2.41. The lowest BCUT2D eigenvalue weighted by molar-refractivity contribution is 0.416. The van der Waals surface area contributed by atoms with Crippen LogP contribution in [0.25, 0.3) is 0 Å². The van der Waals surface area contributed by atoms with Crippen LogP contribution in [-0.4, -0.2) is 12.1 Å². The molecule has 1 aromatic heterocycles. The summed E-state index contributed by atoms with van der Waals surface area (Å²) in [7, 11) is 1.62. The Balaban J connectivity index is 2.40. The summed E-state index contributed by atoms with van der Waals surface area (Å²) >= 11 is 0. The van der Waals surface area contributed by atoms with Gasteiger partial charge in [0.1, 0.15) is 11.8 Å². The van der Waals surface area contributed by atoms with E-state index >= 15 is 0 Å². The Morgan fingerprint density at radius 1 is 1.28 bits per heavy atom. The number of benzene rings is 1. The molecule has 0 fully saturated rings. The first-order valence-electron chi connectivity index (χ1n) is 5.50. The fraction of sp³-hybridized carbons (Fsp3) is 0.143. The van der Waals surface area contributed by atoms with Crippen molar-refractivity contribution in [1.29, 1.82) is 5.26 Å². The number of rotatable bonds is 3. The van der Waals surface area contributed by atoms with Gasteiger partial charge >= 0.3 is 0 Å². The van der Waals surface area contributed by atoms with Crippen molar-refractivity contribution in [3.05, 3.63) is 47.8 Å². The molecule has 4 nitrogen and oxygen atoms in total. The molecule has 2 aromatic rings. The second kappa shape index (κ2) is 5.19. The number of anilines is 2. The lowest BCUT2D eigenvalue weighted by Crippen LogP contribution is -1.97. The molecule has 4 heteroatoms. The number of nitrogens with one attached hydrogen (secondary N) is 1. The van der Waals surface area contributed by atoms with E-state index in [-0.39, 0.29) is 0 Å². The van der Waals surface area contributed by atoms with Gasteiger partial charge in [0, 0.05) is 6.20 Å². The van der Waals surface area contributed by atoms with Crippen LogP contribution in [0.15, 0.2) is 36.7 Å². The van der Waals surface area contributed by atoms with E-state index in [1.807, 2.05) is 25.1 Å². The van der Waals surface area contributed by atoms with Crippen LogP contribution < -0.4 is 10.1 Å². The standard InChI is InChI=1S/C14H13N3O/c1-10-3-4-14(18-2)12(7-10)17-13-9-16-6-5-11(13)8-15/h3-7,9,17H,1-2H3. The minimum absolute atomic E-state index is 0.550. The highest BCUT2D eigenvalue weighted by atomic mass is 16.5. The second-order valence-electron chi connectivity index (χ2n) is 3.86. The van der Waals surface area contributed by atoms with Crippen molar-refractivity contribution in [3.63, 3.8) is 0 Å². The Morgan fingerprint density at radius 3 is 2.83 bits per heavy atom. The molecule has 1 N–H and O–H groups in total. The molecule has 0 aliphatic rings. The highest BCUT2D eigenvalue weighted by Crippen LogP contribution is 2.29. The first-order valence-corrected chi connectivity index (χ1v) is 5.50. The van der Waals surface area contributed by atoms with Gasteiger partial charge in [0.2, 0.25) is 0 Å². The molecule has 0 saturated heterocycles. The Bertz CT molecular complexity index is 602. The number of aryl methyl sites for hydroxylation is 1. The number of ether oxygens (including phenoxy) is 1. The Morgan fingerprint density at radius 2 is 2.11 bits per heavy atom. The average molecular weight is 239 g/mol. The molecule has 0 spiro atoms. The van der Waals surface area contributed by atoms with E-state index in [4.69, 9.17) is 10.00 Å². The minimum Gasteiger partial charge on any atom is -0.495 e. The maximum absolute atomic E-state index is 9.03. The van der Waals surface area contributed by atoms with E-state index in [2.05, 4.69) is 16.4 Å². The summed E-state index contributed by atoms with van der Waals surface area (Å²) in [5, 5.41) is 12.2. The number of hydrogen-bond acceptors (Lipinski definition) is 4. The predicted octanol–water partition coefficient (Wildman–Crippen LogP) is 3.01. The molecule has 0 radical (unpaired) electrons. The maximum atomic E-state index is 9.03. The Labute approximate surface area is 106 Å². The molecule has 90 valence electrons. The molecule has 0 aliphatic carbocycles. The van der Waals surface area contributed by atoms with E-state index in [9.17, 15) is 0 Å². The summed E-state index contributed by atoms with van der Waals surface area (Å²) in [6, 6.07) is 9.62. The number of pyridine rings is 1. The number of methoxy groups -OCH3 is 1. The van der Waals surface area contributed by atoms with Crippen molar-refractivity contribution >= 4 is 11.4 Å². The van der Waals surface area contributed by atoms with Gasteiger partial charge in [-0.3, -0.25) is 4.98 Å². The van der Waals surface area contributed by atoms with Crippen molar-refractivity contribution < 1.29 is 4.74 Å². The van der Waals surface area contributed by atoms with E-state index in [0.29, 0.717) is 11.3 Å². The minimum atomic E-state index is 0.550. The summed E-state index contributed by atoms with van der Waals surface area (Å²) in [4.78, 5) is 4.01. The predicted molar refractivity (Wildman–Crippen MR) is 70.0 cm³/mol. The lowest BCUT2D eigenvalue weighted by Gasteiger charge is -2.12. The van der Waals surface area contributed by atoms with Crippen LogP contribution in [0.1, 0.15) is 11.1 Å². The van der Waals surface area contributed by atoms with E-state index in [0.717, 1.165) is 17.0 Å². The van der Waals surface area contributed by atoms with Gasteiger partial charge in [-0.05, 0) is 30.7 Å². The van der Waals surface area contributed by atoms with Crippen LogP contribution in [0.4, 0.5) is 11.4 Å². The normalized spacial score (nSPS) is 9.61. The van der Waals surface area contributed by atoms with Crippen LogP contribution in [0, 0.1) is 18.3 Å². The van der Waals surface area contributed by atoms with Gasteiger partial charge in [0.25, 0.3) is 0 Å². The third-order valence-electron chi connectivity index (χ3n) is 2.57. The maximum Gasteiger partial charge on any atom is 0.142 e. The highest BCUT2D eigenvalue weighted by molar-refractivity contribution is 5.70. The van der Waals surface area contributed by atoms with Crippen molar-refractivity contribution in [2.45, 2.75) is 6.92 Å². The van der Waals surface area contributed by atoms with Gasteiger partial charge in [-0.15, -0.1) is 0 Å². The Kier molecular flexibility index (Phi) is 3.44. The number of nitriles is 1. The zero-order valence-electron chi connectivity index (χ0n) is 10.3. The molecule has 0 unspecified atom stereocenters. The monoisotopic (exact) mass is 239 g/mol. The quantitative estimate of drug-likeness (QED) is 0.894. The molecule has 0 aliphatic heterocycles. The van der Waals surface area contributed by atoms with E-state index in [1.165, 1.54) is 0 Å². The number of hydrogen-bond donors (Lipinski definition) is 1. The number of aromatic nitrogens is 1. The van der Waals surface area contributed by atoms with Gasteiger partial charge in [-0.2, -0.15) is 5.26 Å². The first kappa shape index (κ1) is 11.9. The summed E-state index contributed by atoms with van der Waals surface area (Å²) in [5.74, 6) is 0.730. The molecule has 0 bridgehead atoms. The van der Waals surface area contributed by atoms with Crippen LogP contribution in [0.5, 0.6) is 5.75 Å². The zero-order valence-corrected chi connectivity index (χ0v) is 10.3. The second-order valence-corrected chi connectivity index (χ2v) is 3.86. The smallest absolute Gasteiger partial charge is 0.142 e. The Hall–Kier alpha value is -2.54. The van der Waals surface area contributed by atoms with Crippen LogP contribution in [-0.2, 0) is 0 Å². The third-order valence-corrected chi connectivity index (χ3v) is 2.57. The summed E-state index contributed by atoms with van der Waals surface area (Å²) in [6.45, 7) is 2.00. The van der Waals surface area contributed by atoms with Gasteiger partial charge in [-0.1, -0.05) is 6.07 Å². The van der Waals surface area contributed by atoms with Gasteiger partial charge in [-0.25, -0.2) is 0 Å². The fourth-order valence-electron chi connectivity index (χ4n) is 1.66. The topological polar surface area (TPSA) is 57.9 Å². The lowest BCUT2D eigenvalue weighted by atomic mass is 10.2. The molecule has 0 amide bonds. The van der Waals surface area contributed by atoms with Crippen molar-refractivity contribution in [3.8, 4) is 11.8 Å². The molecule has 0 atom stereocenters. The molecule has 0 saturated carbocycles. The van der Waals surface area contributed by atoms with Crippen molar-refractivity contribution in [2.75, 3.05) is 12.4 Å². The van der Waals surface area contributed by atoms with Crippen molar-refractivity contribution in [2.24, 2.45) is 0 Å². The fourth-order valence-corrected chi connectivity index (χ4v) is 1.66. The largest absolute Gasteiger partial charge is 0.495 e. The van der Waals surface area contributed by atoms with Crippen LogP contribution in [0.2, 0.25) is 0 Å². The van der Waals surface area contributed by atoms with Gasteiger partial charge in [0.05, 0.1) is 30.2 Å². The molecular weight excluding hydrogens is 226 g/mol. The van der Waals surface area contributed by atoms with Gasteiger partial charge in [0.15, 0.2) is 0 Å². The van der Waals surface area contributed by atoms with Crippen LogP contribution in [0.3, 0.4) is 0 Å². The molecule has 1 aromatic carbocycles. The van der Waals surface area contributed by atoms with Crippen molar-refractivity contribution in [1.82, 2.24) is 4.98 Å². The SMILES string of the molecule is COc1ccc(C)cc1Nc1cnccc1C#N. The molecule has 2 rings (SSSR count). The zero-order chi connectivity index (χ0) is 13.0. The highest BCUT2D eigenvalue weighted by Gasteiger charge is 2.06. The summed E-state index contributed by atoms with van der Waals surface area (Å²) < 4.78 is 5.28. The molecular formula is C14H13N3O. The van der Waals surface area contributed by atoms with E-state index < -0.39 is 0 Å². The summed E-state index contributed by atoms with van der Waals surface area (Å²) in [6.07, 6.45) is 3.22.